The van der Waals surface area contributed by atoms with Gasteiger partial charge in [0.1, 0.15) is 5.75 Å². The van der Waals surface area contributed by atoms with Crippen LogP contribution < -0.4 is 5.73 Å². The average molecular weight is 268 g/mol. The van der Waals surface area contributed by atoms with Crippen LogP contribution in [0, 0.1) is 0 Å². The molecule has 0 saturated carbocycles. The molecule has 8 heteroatoms. The van der Waals surface area contributed by atoms with E-state index < -0.39 is 10.0 Å². The highest BCUT2D eigenvalue weighted by Gasteiger charge is 2.18. The third-order valence-corrected chi connectivity index (χ3v) is 4.02. The fourth-order valence-corrected chi connectivity index (χ4v) is 2.41. The van der Waals surface area contributed by atoms with Gasteiger partial charge in [-0.1, -0.05) is 12.2 Å². The number of hydrogen-bond donors (Lipinski definition) is 1. The normalized spacial score (nSPS) is 11.4. The summed E-state index contributed by atoms with van der Waals surface area (Å²) in [4.78, 5) is 10.7. The van der Waals surface area contributed by atoms with Crippen LogP contribution in [0.2, 0.25) is 0 Å². The second-order valence-corrected chi connectivity index (χ2v) is 5.82. The first-order valence-electron chi connectivity index (χ1n) is 4.58. The van der Waals surface area contributed by atoms with Gasteiger partial charge in [0.05, 0.1) is 12.1 Å². The number of nitrogens with two attached hydrogens (primary N) is 1. The second-order valence-electron chi connectivity index (χ2n) is 3.22. The lowest BCUT2D eigenvalue weighted by molar-refractivity contribution is -0.140. The summed E-state index contributed by atoms with van der Waals surface area (Å²) in [6.07, 6.45) is 0.586. The van der Waals surface area contributed by atoms with Crippen molar-refractivity contribution >= 4 is 33.2 Å². The van der Waals surface area contributed by atoms with Crippen LogP contribution in [-0.4, -0.2) is 50.1 Å². The molecule has 0 saturated heterocycles. The number of esters is 1. The third-order valence-electron chi connectivity index (χ3n) is 1.88. The fraction of sp³-hybridized carbons (Fsp3) is 0.750. The van der Waals surface area contributed by atoms with Crippen LogP contribution in [0.15, 0.2) is 0 Å². The van der Waals surface area contributed by atoms with Crippen LogP contribution >= 0.6 is 12.2 Å². The van der Waals surface area contributed by atoms with Crippen molar-refractivity contribution in [2.75, 3.05) is 26.5 Å². The van der Waals surface area contributed by atoms with Gasteiger partial charge in [0.25, 0.3) is 0 Å². The molecule has 0 aliphatic heterocycles. The minimum atomic E-state index is -3.45. The van der Waals surface area contributed by atoms with Gasteiger partial charge in [-0.15, -0.1) is 0 Å². The Hall–Kier alpha value is -0.730. The summed E-state index contributed by atoms with van der Waals surface area (Å²) in [6, 6.07) is 0. The number of methoxy groups -OCH3 is 1. The average Bonchev–Trinajstić information content (AvgIpc) is 2.15. The highest BCUT2D eigenvalue weighted by atomic mass is 32.2. The van der Waals surface area contributed by atoms with Gasteiger partial charge in [-0.25, -0.2) is 12.7 Å². The summed E-state index contributed by atoms with van der Waals surface area (Å²) in [5.41, 5.74) is 5.17. The molecule has 94 valence electrons. The zero-order valence-corrected chi connectivity index (χ0v) is 10.9. The Bertz CT molecular complexity index is 353. The van der Waals surface area contributed by atoms with Crippen molar-refractivity contribution in [3.8, 4) is 0 Å². The molecule has 0 fully saturated rings. The smallest absolute Gasteiger partial charge is 0.305 e. The lowest BCUT2D eigenvalue weighted by Crippen LogP contribution is -2.34. The first kappa shape index (κ1) is 15.3. The van der Waals surface area contributed by atoms with E-state index in [1.165, 1.54) is 14.2 Å². The van der Waals surface area contributed by atoms with Gasteiger partial charge in [-0.2, -0.15) is 0 Å². The van der Waals surface area contributed by atoms with E-state index in [0.717, 1.165) is 4.31 Å². The van der Waals surface area contributed by atoms with Crippen molar-refractivity contribution in [3.63, 3.8) is 0 Å². The van der Waals surface area contributed by atoms with Gasteiger partial charge in [0.2, 0.25) is 10.0 Å². The van der Waals surface area contributed by atoms with Gasteiger partial charge in [0.15, 0.2) is 0 Å². The minimum absolute atomic E-state index is 0.0696. The molecule has 0 unspecified atom stereocenters. The highest BCUT2D eigenvalue weighted by molar-refractivity contribution is 7.92. The standard InChI is InChI=1S/C8H16N2O4S2/c1-10(5-3-4-8(11)14-2)16(12,13)6-7(9)15/h3-6H2,1-2H3,(H2,9,15). The Morgan fingerprint density at radius 1 is 1.50 bits per heavy atom. The Balaban J connectivity index is 4.10. The molecule has 0 rings (SSSR count). The van der Waals surface area contributed by atoms with Crippen LogP contribution in [0.1, 0.15) is 12.8 Å². The molecule has 0 radical (unpaired) electrons. The molecular formula is C8H16N2O4S2. The number of thiocarbonyl (C=S) groups is 1. The number of ether oxygens (including phenoxy) is 1. The van der Waals surface area contributed by atoms with Gasteiger partial charge >= 0.3 is 5.97 Å². The maximum absolute atomic E-state index is 11.5. The summed E-state index contributed by atoms with van der Waals surface area (Å²) in [5.74, 6) is -0.711. The largest absolute Gasteiger partial charge is 0.469 e. The molecule has 0 aromatic heterocycles. The van der Waals surface area contributed by atoms with Gasteiger partial charge < -0.3 is 10.5 Å². The number of hydrogen-bond acceptors (Lipinski definition) is 5. The number of rotatable bonds is 7. The summed E-state index contributed by atoms with van der Waals surface area (Å²) in [6.45, 7) is 0.236. The van der Waals surface area contributed by atoms with E-state index in [1.54, 1.807) is 0 Å². The van der Waals surface area contributed by atoms with Crippen LogP contribution in [0.5, 0.6) is 0 Å². The Labute approximate surface area is 101 Å². The summed E-state index contributed by atoms with van der Waals surface area (Å²) in [5, 5.41) is 0. The van der Waals surface area contributed by atoms with Gasteiger partial charge in [-0.05, 0) is 6.42 Å². The topological polar surface area (TPSA) is 89.7 Å². The number of sulfonamides is 1. The van der Waals surface area contributed by atoms with Crippen LogP contribution in [-0.2, 0) is 19.6 Å². The molecule has 0 aromatic carbocycles. The quantitative estimate of drug-likeness (QED) is 0.494. The summed E-state index contributed by atoms with van der Waals surface area (Å²) < 4.78 is 28.6. The molecule has 0 bridgehead atoms. The lowest BCUT2D eigenvalue weighted by atomic mass is 10.3. The van der Waals surface area contributed by atoms with Crippen LogP contribution in [0.3, 0.4) is 0 Å². The lowest BCUT2D eigenvalue weighted by Gasteiger charge is -2.16. The molecule has 0 heterocycles. The predicted molar refractivity (Wildman–Crippen MR) is 64.5 cm³/mol. The van der Waals surface area contributed by atoms with E-state index in [2.05, 4.69) is 17.0 Å². The Morgan fingerprint density at radius 3 is 2.50 bits per heavy atom. The first-order chi connectivity index (χ1) is 7.29. The highest BCUT2D eigenvalue weighted by Crippen LogP contribution is 2.02. The molecule has 0 spiro atoms. The second kappa shape index (κ2) is 6.77. The molecule has 0 amide bonds. The molecule has 0 aromatic rings. The third kappa shape index (κ3) is 5.99. The van der Waals surface area contributed by atoms with Crippen molar-refractivity contribution in [3.05, 3.63) is 0 Å². The Morgan fingerprint density at radius 2 is 2.06 bits per heavy atom. The monoisotopic (exact) mass is 268 g/mol. The number of nitrogens with zero attached hydrogens (tertiary/aromatic N) is 1. The maximum atomic E-state index is 11.5. The SMILES string of the molecule is COC(=O)CCCN(C)S(=O)(=O)CC(N)=S. The van der Waals surface area contributed by atoms with E-state index in [0.29, 0.717) is 6.42 Å². The van der Waals surface area contributed by atoms with Crippen molar-refractivity contribution in [2.45, 2.75) is 12.8 Å². The van der Waals surface area contributed by atoms with Gasteiger partial charge in [-0.3, -0.25) is 4.79 Å². The van der Waals surface area contributed by atoms with E-state index in [-0.39, 0.29) is 29.7 Å². The minimum Gasteiger partial charge on any atom is -0.469 e. The predicted octanol–water partition coefficient (Wildman–Crippen LogP) is -0.513. The summed E-state index contributed by atoms with van der Waals surface area (Å²) in [7, 11) is -0.740. The van der Waals surface area contributed by atoms with E-state index in [9.17, 15) is 13.2 Å². The van der Waals surface area contributed by atoms with Gasteiger partial charge in [0, 0.05) is 20.0 Å². The maximum Gasteiger partial charge on any atom is 0.305 e. The van der Waals surface area contributed by atoms with Crippen molar-refractivity contribution in [1.82, 2.24) is 4.31 Å². The zero-order valence-electron chi connectivity index (χ0n) is 9.30. The number of carbonyl (C=O) groups excluding carboxylic acids is 1. The first-order valence-corrected chi connectivity index (χ1v) is 6.60. The number of carbonyl (C=O) groups is 1. The van der Waals surface area contributed by atoms with Crippen molar-refractivity contribution in [1.29, 1.82) is 0 Å². The van der Waals surface area contributed by atoms with Crippen LogP contribution in [0.25, 0.3) is 0 Å². The molecule has 16 heavy (non-hydrogen) atoms. The molecule has 6 nitrogen and oxygen atoms in total. The molecule has 0 atom stereocenters. The van der Waals surface area contributed by atoms with Crippen molar-refractivity contribution in [2.24, 2.45) is 5.73 Å². The zero-order chi connectivity index (χ0) is 12.8. The van der Waals surface area contributed by atoms with E-state index >= 15 is 0 Å². The van der Waals surface area contributed by atoms with Crippen LogP contribution in [0.4, 0.5) is 0 Å². The van der Waals surface area contributed by atoms with E-state index in [4.69, 9.17) is 5.73 Å². The fourth-order valence-electron chi connectivity index (χ4n) is 0.977. The molecule has 0 aliphatic rings. The molecule has 0 aliphatic carbocycles. The van der Waals surface area contributed by atoms with E-state index in [1.807, 2.05) is 0 Å². The molecule has 2 N–H and O–H groups in total. The Kier molecular flexibility index (Phi) is 6.46. The summed E-state index contributed by atoms with van der Waals surface area (Å²) >= 11 is 4.53. The molecular weight excluding hydrogens is 252 g/mol. The van der Waals surface area contributed by atoms with Crippen molar-refractivity contribution < 1.29 is 17.9 Å².